The van der Waals surface area contributed by atoms with Crippen LogP contribution in [0.15, 0.2) is 18.2 Å². The van der Waals surface area contributed by atoms with Crippen LogP contribution >= 0.6 is 0 Å². The molecule has 16 heavy (non-hydrogen) atoms. The third kappa shape index (κ3) is 1.59. The molecule has 3 nitrogen and oxygen atoms in total. The second kappa shape index (κ2) is 3.87. The summed E-state index contributed by atoms with van der Waals surface area (Å²) in [5.41, 5.74) is 7.07. The summed E-state index contributed by atoms with van der Waals surface area (Å²) in [6, 6.07) is 4.87. The Hall–Kier alpha value is -1.42. The lowest BCUT2D eigenvalue weighted by atomic mass is 10.2. The van der Waals surface area contributed by atoms with Crippen LogP contribution in [0, 0.1) is 5.82 Å². The van der Waals surface area contributed by atoms with Crippen LogP contribution < -0.4 is 5.73 Å². The van der Waals surface area contributed by atoms with Crippen molar-refractivity contribution in [2.24, 2.45) is 5.73 Å². The summed E-state index contributed by atoms with van der Waals surface area (Å²) in [6.45, 7) is 5.86. The number of imidazole rings is 1. The first-order valence-corrected chi connectivity index (χ1v) is 5.44. The first-order chi connectivity index (χ1) is 7.52. The standard InChI is InChI=1S/C12H16FN3/c1-7(2)16-11-9(13)5-4-6-10(11)15-12(16)8(3)14/h4-8H,14H2,1-3H3/t8-/m0/s1. The monoisotopic (exact) mass is 221 g/mol. The van der Waals surface area contributed by atoms with E-state index >= 15 is 0 Å². The van der Waals surface area contributed by atoms with Crippen molar-refractivity contribution in [2.45, 2.75) is 32.9 Å². The van der Waals surface area contributed by atoms with E-state index in [1.807, 2.05) is 31.4 Å². The Labute approximate surface area is 94.1 Å². The van der Waals surface area contributed by atoms with Crippen molar-refractivity contribution < 1.29 is 4.39 Å². The molecule has 1 atom stereocenters. The molecule has 1 aromatic carbocycles. The quantitative estimate of drug-likeness (QED) is 0.847. The number of nitrogens with zero attached hydrogens (tertiary/aromatic N) is 2. The summed E-state index contributed by atoms with van der Waals surface area (Å²) in [5, 5.41) is 0. The van der Waals surface area contributed by atoms with Gasteiger partial charge in [0.2, 0.25) is 0 Å². The van der Waals surface area contributed by atoms with Crippen LogP contribution in [0.4, 0.5) is 4.39 Å². The fourth-order valence-electron chi connectivity index (χ4n) is 1.97. The van der Waals surface area contributed by atoms with Gasteiger partial charge in [0.05, 0.1) is 11.6 Å². The lowest BCUT2D eigenvalue weighted by molar-refractivity contribution is 0.544. The molecule has 0 fully saturated rings. The highest BCUT2D eigenvalue weighted by atomic mass is 19.1. The fraction of sp³-hybridized carbons (Fsp3) is 0.417. The zero-order chi connectivity index (χ0) is 11.9. The summed E-state index contributed by atoms with van der Waals surface area (Å²) >= 11 is 0. The molecule has 0 saturated carbocycles. The van der Waals surface area contributed by atoms with Crippen LogP contribution in [0.3, 0.4) is 0 Å². The highest BCUT2D eigenvalue weighted by Crippen LogP contribution is 2.25. The van der Waals surface area contributed by atoms with E-state index in [0.29, 0.717) is 11.0 Å². The van der Waals surface area contributed by atoms with E-state index in [2.05, 4.69) is 4.98 Å². The van der Waals surface area contributed by atoms with Gasteiger partial charge in [-0.25, -0.2) is 9.37 Å². The minimum Gasteiger partial charge on any atom is -0.322 e. The molecule has 0 radical (unpaired) electrons. The Morgan fingerprint density at radius 2 is 2.00 bits per heavy atom. The predicted octanol–water partition coefficient (Wildman–Crippen LogP) is 2.78. The number of halogens is 1. The molecule has 1 heterocycles. The molecule has 2 N–H and O–H groups in total. The topological polar surface area (TPSA) is 43.8 Å². The predicted molar refractivity (Wildman–Crippen MR) is 62.7 cm³/mol. The summed E-state index contributed by atoms with van der Waals surface area (Å²) in [5.74, 6) is 0.487. The van der Waals surface area contributed by atoms with Crippen molar-refractivity contribution in [1.82, 2.24) is 9.55 Å². The Bertz CT molecular complexity index is 514. The number of fused-ring (bicyclic) bond motifs is 1. The maximum Gasteiger partial charge on any atom is 0.149 e. The summed E-state index contributed by atoms with van der Waals surface area (Å²) < 4.78 is 15.7. The van der Waals surface area contributed by atoms with Gasteiger partial charge in [-0.05, 0) is 32.9 Å². The molecule has 2 rings (SSSR count). The average molecular weight is 221 g/mol. The molecule has 0 amide bonds. The van der Waals surface area contributed by atoms with E-state index < -0.39 is 0 Å². The molecule has 0 saturated heterocycles. The molecule has 0 aliphatic rings. The Morgan fingerprint density at radius 3 is 2.56 bits per heavy atom. The van der Waals surface area contributed by atoms with E-state index in [1.165, 1.54) is 6.07 Å². The number of nitrogens with two attached hydrogens (primary N) is 1. The van der Waals surface area contributed by atoms with Crippen molar-refractivity contribution in [1.29, 1.82) is 0 Å². The first kappa shape index (κ1) is 11.1. The largest absolute Gasteiger partial charge is 0.322 e. The molecule has 2 aromatic rings. The fourth-order valence-corrected chi connectivity index (χ4v) is 1.97. The highest BCUT2D eigenvalue weighted by Gasteiger charge is 2.18. The minimum atomic E-state index is -0.245. The summed E-state index contributed by atoms with van der Waals surface area (Å²) in [4.78, 5) is 4.39. The van der Waals surface area contributed by atoms with Crippen LogP contribution in [0.1, 0.15) is 38.7 Å². The van der Waals surface area contributed by atoms with Gasteiger partial charge in [-0.15, -0.1) is 0 Å². The molecular weight excluding hydrogens is 205 g/mol. The van der Waals surface area contributed by atoms with Crippen LogP contribution in [-0.2, 0) is 0 Å². The summed E-state index contributed by atoms with van der Waals surface area (Å²) in [7, 11) is 0. The van der Waals surface area contributed by atoms with E-state index in [4.69, 9.17) is 5.73 Å². The smallest absolute Gasteiger partial charge is 0.149 e. The number of para-hydroxylation sites is 1. The molecule has 86 valence electrons. The Balaban J connectivity index is 2.83. The van der Waals surface area contributed by atoms with Crippen LogP contribution in [-0.4, -0.2) is 9.55 Å². The van der Waals surface area contributed by atoms with Crippen molar-refractivity contribution in [3.63, 3.8) is 0 Å². The second-order valence-electron chi connectivity index (χ2n) is 4.33. The van der Waals surface area contributed by atoms with E-state index in [0.717, 1.165) is 5.82 Å². The Morgan fingerprint density at radius 1 is 1.31 bits per heavy atom. The van der Waals surface area contributed by atoms with Crippen LogP contribution in [0.2, 0.25) is 0 Å². The molecule has 0 aliphatic heterocycles. The molecule has 4 heteroatoms. The molecule has 0 spiro atoms. The molecule has 0 unspecified atom stereocenters. The van der Waals surface area contributed by atoms with E-state index in [-0.39, 0.29) is 17.9 Å². The van der Waals surface area contributed by atoms with Crippen LogP contribution in [0.25, 0.3) is 11.0 Å². The lowest BCUT2D eigenvalue weighted by Crippen LogP contribution is -2.15. The van der Waals surface area contributed by atoms with Gasteiger partial charge in [0, 0.05) is 6.04 Å². The third-order valence-electron chi connectivity index (χ3n) is 2.61. The van der Waals surface area contributed by atoms with Gasteiger partial charge >= 0.3 is 0 Å². The van der Waals surface area contributed by atoms with Crippen molar-refractivity contribution in [2.75, 3.05) is 0 Å². The number of aromatic nitrogens is 2. The SMILES string of the molecule is CC(C)n1c([C@H](C)N)nc2cccc(F)c21. The van der Waals surface area contributed by atoms with E-state index in [1.54, 1.807) is 6.07 Å². The van der Waals surface area contributed by atoms with Gasteiger partial charge in [0.25, 0.3) is 0 Å². The van der Waals surface area contributed by atoms with Crippen molar-refractivity contribution in [3.8, 4) is 0 Å². The number of benzene rings is 1. The molecule has 1 aromatic heterocycles. The first-order valence-electron chi connectivity index (χ1n) is 5.44. The minimum absolute atomic E-state index is 0.142. The van der Waals surface area contributed by atoms with Crippen molar-refractivity contribution >= 4 is 11.0 Å². The zero-order valence-corrected chi connectivity index (χ0v) is 9.74. The van der Waals surface area contributed by atoms with E-state index in [9.17, 15) is 4.39 Å². The van der Waals surface area contributed by atoms with Gasteiger partial charge in [-0.1, -0.05) is 6.07 Å². The lowest BCUT2D eigenvalue weighted by Gasteiger charge is -2.15. The maximum absolute atomic E-state index is 13.8. The number of rotatable bonds is 2. The third-order valence-corrected chi connectivity index (χ3v) is 2.61. The summed E-state index contributed by atoms with van der Waals surface area (Å²) in [6.07, 6.45) is 0. The molecule has 0 aliphatic carbocycles. The number of hydrogen-bond acceptors (Lipinski definition) is 2. The van der Waals surface area contributed by atoms with Gasteiger partial charge in [0.1, 0.15) is 17.2 Å². The Kier molecular flexibility index (Phi) is 2.68. The molecule has 0 bridgehead atoms. The normalized spacial score (nSPS) is 13.6. The van der Waals surface area contributed by atoms with Crippen molar-refractivity contribution in [3.05, 3.63) is 29.8 Å². The van der Waals surface area contributed by atoms with Gasteiger partial charge in [-0.3, -0.25) is 0 Å². The maximum atomic E-state index is 13.8. The highest BCUT2D eigenvalue weighted by molar-refractivity contribution is 5.77. The van der Waals surface area contributed by atoms with Crippen LogP contribution in [0.5, 0.6) is 0 Å². The second-order valence-corrected chi connectivity index (χ2v) is 4.33. The number of hydrogen-bond donors (Lipinski definition) is 1. The van der Waals surface area contributed by atoms with Gasteiger partial charge in [-0.2, -0.15) is 0 Å². The van der Waals surface area contributed by atoms with Gasteiger partial charge in [0.15, 0.2) is 0 Å². The zero-order valence-electron chi connectivity index (χ0n) is 9.74. The van der Waals surface area contributed by atoms with Gasteiger partial charge < -0.3 is 10.3 Å². The average Bonchev–Trinajstić information content (AvgIpc) is 2.58. The molecular formula is C12H16FN3.